The van der Waals surface area contributed by atoms with Crippen LogP contribution in [0.3, 0.4) is 0 Å². The van der Waals surface area contributed by atoms with Crippen molar-refractivity contribution >= 4 is 23.7 Å². The van der Waals surface area contributed by atoms with E-state index >= 15 is 0 Å². The van der Waals surface area contributed by atoms with Crippen molar-refractivity contribution in [2.75, 3.05) is 13.2 Å². The van der Waals surface area contributed by atoms with Crippen molar-refractivity contribution < 1.29 is 34.5 Å². The Morgan fingerprint density at radius 3 is 1.81 bits per heavy atom. The summed E-state index contributed by atoms with van der Waals surface area (Å²) >= 11 is 0. The molecule has 0 aliphatic heterocycles. The van der Waals surface area contributed by atoms with E-state index in [1.807, 2.05) is 6.07 Å². The largest absolute Gasteiger partial charge is 0.480 e. The molecule has 0 aromatic heterocycles. The number of aliphatic hydroxyl groups excluding tert-OH is 2. The smallest absolute Gasteiger partial charge is 0.326 e. The predicted molar refractivity (Wildman–Crippen MR) is 111 cm³/mol. The van der Waals surface area contributed by atoms with Crippen molar-refractivity contribution in [1.29, 1.82) is 0 Å². The molecule has 0 radical (unpaired) electrons. The van der Waals surface area contributed by atoms with Crippen molar-refractivity contribution in [2.24, 2.45) is 11.7 Å². The van der Waals surface area contributed by atoms with Crippen LogP contribution in [-0.4, -0.2) is 76.4 Å². The summed E-state index contributed by atoms with van der Waals surface area (Å²) in [6.07, 6.45) is 0.208. The topological polar surface area (TPSA) is 191 Å². The second kappa shape index (κ2) is 12.6. The molecule has 0 spiro atoms. The van der Waals surface area contributed by atoms with Crippen LogP contribution in [-0.2, 0) is 25.6 Å². The number of nitrogens with two attached hydrogens (primary N) is 1. The molecule has 0 saturated heterocycles. The standard InChI is InChI=1S/C20H30N4O7/c1-11(2)16(20(30)31)24-19(29)15(10-26)23-18(28)14(9-25)22-17(27)13(21)8-12-6-4-3-5-7-12/h3-7,11,13-16,25-26H,8-10,21H2,1-2H3,(H,22,27)(H,23,28)(H,24,29)(H,30,31). The molecule has 1 aromatic rings. The average Bonchev–Trinajstić information content (AvgIpc) is 2.73. The molecule has 0 fully saturated rings. The number of nitrogens with one attached hydrogen (secondary N) is 3. The molecular formula is C20H30N4O7. The number of carbonyl (C=O) groups excluding carboxylic acids is 3. The van der Waals surface area contributed by atoms with Crippen LogP contribution in [0.25, 0.3) is 0 Å². The van der Waals surface area contributed by atoms with Gasteiger partial charge in [0, 0.05) is 0 Å². The lowest BCUT2D eigenvalue weighted by Crippen LogP contribution is -2.59. The minimum atomic E-state index is -1.47. The Labute approximate surface area is 180 Å². The van der Waals surface area contributed by atoms with Crippen LogP contribution in [0.15, 0.2) is 30.3 Å². The highest BCUT2D eigenvalue weighted by molar-refractivity contribution is 5.94. The number of rotatable bonds is 12. The maximum Gasteiger partial charge on any atom is 0.326 e. The van der Waals surface area contributed by atoms with Gasteiger partial charge in [0.1, 0.15) is 18.1 Å². The molecule has 1 aromatic carbocycles. The van der Waals surface area contributed by atoms with Crippen LogP contribution in [0.2, 0.25) is 0 Å². The number of amides is 3. The zero-order chi connectivity index (χ0) is 23.6. The van der Waals surface area contributed by atoms with Crippen molar-refractivity contribution in [3.63, 3.8) is 0 Å². The molecule has 8 N–H and O–H groups in total. The third-order valence-electron chi connectivity index (χ3n) is 4.50. The maximum atomic E-state index is 12.4. The maximum absolute atomic E-state index is 12.4. The minimum Gasteiger partial charge on any atom is -0.480 e. The summed E-state index contributed by atoms with van der Waals surface area (Å²) in [5.74, 6) is -4.24. The summed E-state index contributed by atoms with van der Waals surface area (Å²) in [5, 5.41) is 34.8. The van der Waals surface area contributed by atoms with Crippen LogP contribution in [0.5, 0.6) is 0 Å². The number of aliphatic carboxylic acids is 1. The SMILES string of the molecule is CC(C)C(NC(=O)C(CO)NC(=O)C(CO)NC(=O)C(N)Cc1ccccc1)C(=O)O. The van der Waals surface area contributed by atoms with Gasteiger partial charge in [-0.2, -0.15) is 0 Å². The van der Waals surface area contributed by atoms with E-state index in [9.17, 15) is 29.4 Å². The van der Waals surface area contributed by atoms with E-state index in [1.165, 1.54) is 0 Å². The first-order chi connectivity index (χ1) is 14.6. The molecular weight excluding hydrogens is 408 g/mol. The fourth-order valence-corrected chi connectivity index (χ4v) is 2.67. The molecule has 1 rings (SSSR count). The van der Waals surface area contributed by atoms with Gasteiger partial charge in [-0.25, -0.2) is 4.79 Å². The van der Waals surface area contributed by atoms with E-state index in [-0.39, 0.29) is 6.42 Å². The molecule has 0 heterocycles. The van der Waals surface area contributed by atoms with Crippen LogP contribution in [0, 0.1) is 5.92 Å². The van der Waals surface area contributed by atoms with E-state index < -0.39 is 67.0 Å². The number of carbonyl (C=O) groups is 4. The van der Waals surface area contributed by atoms with Gasteiger partial charge in [-0.15, -0.1) is 0 Å². The number of benzene rings is 1. The van der Waals surface area contributed by atoms with Crippen molar-refractivity contribution in [3.8, 4) is 0 Å². The Balaban J connectivity index is 2.71. The highest BCUT2D eigenvalue weighted by Crippen LogP contribution is 2.04. The first-order valence-corrected chi connectivity index (χ1v) is 9.75. The lowest BCUT2D eigenvalue weighted by Gasteiger charge is -2.24. The summed E-state index contributed by atoms with van der Waals surface area (Å²) in [5.41, 5.74) is 6.66. The number of carboxylic acid groups (broad SMARTS) is 1. The van der Waals surface area contributed by atoms with Gasteiger partial charge in [0.2, 0.25) is 17.7 Å². The van der Waals surface area contributed by atoms with E-state index in [1.54, 1.807) is 38.1 Å². The number of carboxylic acids is 1. The summed E-state index contributed by atoms with van der Waals surface area (Å²) < 4.78 is 0. The molecule has 172 valence electrons. The number of hydrogen-bond donors (Lipinski definition) is 7. The zero-order valence-corrected chi connectivity index (χ0v) is 17.4. The van der Waals surface area contributed by atoms with Gasteiger partial charge < -0.3 is 37.0 Å². The van der Waals surface area contributed by atoms with Crippen LogP contribution < -0.4 is 21.7 Å². The van der Waals surface area contributed by atoms with Crippen molar-refractivity contribution in [2.45, 2.75) is 44.4 Å². The average molecular weight is 438 g/mol. The van der Waals surface area contributed by atoms with Gasteiger partial charge >= 0.3 is 5.97 Å². The summed E-state index contributed by atoms with van der Waals surface area (Å²) in [4.78, 5) is 48.1. The molecule has 11 nitrogen and oxygen atoms in total. The first-order valence-electron chi connectivity index (χ1n) is 9.75. The second-order valence-electron chi connectivity index (χ2n) is 7.35. The van der Waals surface area contributed by atoms with E-state index in [0.717, 1.165) is 5.56 Å². The van der Waals surface area contributed by atoms with Gasteiger partial charge in [-0.3, -0.25) is 14.4 Å². The zero-order valence-electron chi connectivity index (χ0n) is 17.4. The van der Waals surface area contributed by atoms with Crippen molar-refractivity contribution in [1.82, 2.24) is 16.0 Å². The molecule has 4 unspecified atom stereocenters. The highest BCUT2D eigenvalue weighted by atomic mass is 16.4. The lowest BCUT2D eigenvalue weighted by atomic mass is 10.0. The van der Waals surface area contributed by atoms with Crippen LogP contribution in [0.1, 0.15) is 19.4 Å². The van der Waals surface area contributed by atoms with Crippen LogP contribution in [0.4, 0.5) is 0 Å². The van der Waals surface area contributed by atoms with Gasteiger partial charge in [-0.1, -0.05) is 44.2 Å². The molecule has 0 bridgehead atoms. The second-order valence-corrected chi connectivity index (χ2v) is 7.35. The highest BCUT2D eigenvalue weighted by Gasteiger charge is 2.30. The van der Waals surface area contributed by atoms with Gasteiger partial charge in [0.05, 0.1) is 19.3 Å². The molecule has 31 heavy (non-hydrogen) atoms. The molecule has 0 aliphatic rings. The van der Waals surface area contributed by atoms with Gasteiger partial charge in [0.15, 0.2) is 0 Å². The molecule has 11 heteroatoms. The van der Waals surface area contributed by atoms with E-state index in [2.05, 4.69) is 16.0 Å². The molecule has 0 saturated carbocycles. The predicted octanol–water partition coefficient (Wildman–Crippen LogP) is -2.26. The molecule has 4 atom stereocenters. The summed E-state index contributed by atoms with van der Waals surface area (Å²) in [6.45, 7) is 1.57. The normalized spacial score (nSPS) is 14.8. The van der Waals surface area contributed by atoms with Gasteiger partial charge in [0.25, 0.3) is 0 Å². The molecule has 0 aliphatic carbocycles. The Morgan fingerprint density at radius 1 is 0.871 bits per heavy atom. The fraction of sp³-hybridized carbons (Fsp3) is 0.500. The lowest BCUT2D eigenvalue weighted by molar-refractivity contribution is -0.143. The van der Waals surface area contributed by atoms with Gasteiger partial charge in [-0.05, 0) is 17.9 Å². The quantitative estimate of drug-likeness (QED) is 0.190. The Morgan fingerprint density at radius 2 is 1.35 bits per heavy atom. The third-order valence-corrected chi connectivity index (χ3v) is 4.50. The van der Waals surface area contributed by atoms with E-state index in [0.29, 0.717) is 0 Å². The Kier molecular flexibility index (Phi) is 10.6. The van der Waals surface area contributed by atoms with E-state index in [4.69, 9.17) is 10.8 Å². The number of hydrogen-bond acceptors (Lipinski definition) is 7. The van der Waals surface area contributed by atoms with Crippen LogP contribution >= 0.6 is 0 Å². The Hall–Kier alpha value is -3.02. The first kappa shape index (κ1) is 26.0. The number of aliphatic hydroxyl groups is 2. The minimum absolute atomic E-state index is 0.208. The summed E-state index contributed by atoms with van der Waals surface area (Å²) in [7, 11) is 0. The third kappa shape index (κ3) is 8.32. The van der Waals surface area contributed by atoms with Crippen molar-refractivity contribution in [3.05, 3.63) is 35.9 Å². The fourth-order valence-electron chi connectivity index (χ4n) is 2.67. The summed E-state index contributed by atoms with van der Waals surface area (Å²) in [6, 6.07) is 3.87. The Bertz CT molecular complexity index is 757. The molecule has 3 amide bonds. The monoisotopic (exact) mass is 438 g/mol.